The van der Waals surface area contributed by atoms with Crippen LogP contribution in [0.2, 0.25) is 0 Å². The van der Waals surface area contributed by atoms with Crippen LogP contribution in [0, 0.1) is 5.41 Å². The number of anilines is 1. The summed E-state index contributed by atoms with van der Waals surface area (Å²) in [6.07, 6.45) is 0.0832. The van der Waals surface area contributed by atoms with Crippen molar-refractivity contribution in [3.63, 3.8) is 0 Å². The summed E-state index contributed by atoms with van der Waals surface area (Å²) in [5.41, 5.74) is 4.97. The Hall–Kier alpha value is -1.67. The molecule has 0 aliphatic carbocycles. The van der Waals surface area contributed by atoms with Crippen molar-refractivity contribution in [1.82, 2.24) is 10.3 Å². The molecule has 0 saturated carbocycles. The van der Waals surface area contributed by atoms with Crippen molar-refractivity contribution in [3.05, 3.63) is 11.1 Å². The number of nitrogens with two attached hydrogens (primary N) is 1. The van der Waals surface area contributed by atoms with E-state index in [9.17, 15) is 14.7 Å². The van der Waals surface area contributed by atoms with Gasteiger partial charge >= 0.3 is 5.97 Å². The molecule has 0 radical (unpaired) electrons. The van der Waals surface area contributed by atoms with E-state index in [0.717, 1.165) is 0 Å². The first kappa shape index (κ1) is 13.8. The molecule has 2 heterocycles. The van der Waals surface area contributed by atoms with Gasteiger partial charge in [-0.3, -0.25) is 9.59 Å². The van der Waals surface area contributed by atoms with Gasteiger partial charge in [0.2, 0.25) is 5.91 Å². The van der Waals surface area contributed by atoms with Crippen molar-refractivity contribution in [2.24, 2.45) is 5.41 Å². The summed E-state index contributed by atoms with van der Waals surface area (Å²) in [6.45, 7) is 1.86. The highest BCUT2D eigenvalue weighted by Gasteiger charge is 2.47. The van der Waals surface area contributed by atoms with Crippen LogP contribution >= 0.6 is 11.3 Å². The van der Waals surface area contributed by atoms with E-state index in [2.05, 4.69) is 10.3 Å². The molecule has 19 heavy (non-hydrogen) atoms. The van der Waals surface area contributed by atoms with Crippen molar-refractivity contribution in [2.45, 2.75) is 19.4 Å². The Bertz CT molecular complexity index is 504. The number of amides is 1. The predicted molar refractivity (Wildman–Crippen MR) is 68.7 cm³/mol. The number of nitrogens with one attached hydrogen (secondary N) is 1. The maximum atomic E-state index is 11.9. The molecule has 0 aromatic carbocycles. The number of rotatable bonds is 4. The highest BCUT2D eigenvalue weighted by Crippen LogP contribution is 2.28. The fourth-order valence-corrected chi connectivity index (χ4v) is 2.46. The fraction of sp³-hybridized carbons (Fsp3) is 0.545. The van der Waals surface area contributed by atoms with E-state index < -0.39 is 17.4 Å². The van der Waals surface area contributed by atoms with Gasteiger partial charge in [-0.2, -0.15) is 0 Å². The Labute approximate surface area is 113 Å². The topological polar surface area (TPSA) is 115 Å². The second kappa shape index (κ2) is 5.14. The summed E-state index contributed by atoms with van der Waals surface area (Å²) in [5.74, 6) is -1.26. The molecule has 1 aromatic rings. The molecule has 1 amide bonds. The second-order valence-corrected chi connectivity index (χ2v) is 5.60. The van der Waals surface area contributed by atoms with Crippen LogP contribution in [0.4, 0.5) is 5.13 Å². The summed E-state index contributed by atoms with van der Waals surface area (Å²) in [6, 6.07) is -0.534. The minimum atomic E-state index is -1.09. The van der Waals surface area contributed by atoms with E-state index in [1.165, 1.54) is 11.3 Å². The lowest BCUT2D eigenvalue weighted by Crippen LogP contribution is -2.50. The number of carbonyl (C=O) groups is 2. The molecule has 7 nitrogen and oxygen atoms in total. The average molecular weight is 285 g/mol. The van der Waals surface area contributed by atoms with Crippen molar-refractivity contribution >= 4 is 28.3 Å². The van der Waals surface area contributed by atoms with Crippen molar-refractivity contribution < 1.29 is 19.4 Å². The number of thiazole rings is 1. The first-order valence-corrected chi connectivity index (χ1v) is 6.60. The number of ether oxygens (including phenoxy) is 1. The van der Waals surface area contributed by atoms with Crippen LogP contribution in [0.3, 0.4) is 0 Å². The minimum absolute atomic E-state index is 0.0832. The molecule has 104 valence electrons. The number of hydrogen-bond donors (Lipinski definition) is 3. The Morgan fingerprint density at radius 3 is 3.05 bits per heavy atom. The van der Waals surface area contributed by atoms with Crippen molar-refractivity contribution in [2.75, 3.05) is 18.9 Å². The summed E-state index contributed by atoms with van der Waals surface area (Å²) >= 11 is 1.26. The smallest absolute Gasteiger partial charge is 0.313 e. The number of carbonyl (C=O) groups excluding carboxylic acids is 1. The number of carboxylic acid groups (broad SMARTS) is 1. The first-order valence-electron chi connectivity index (χ1n) is 5.72. The zero-order valence-electron chi connectivity index (χ0n) is 10.4. The first-order chi connectivity index (χ1) is 8.91. The molecule has 0 spiro atoms. The van der Waals surface area contributed by atoms with E-state index in [1.54, 1.807) is 12.3 Å². The third kappa shape index (κ3) is 2.85. The Kier molecular flexibility index (Phi) is 3.72. The summed E-state index contributed by atoms with van der Waals surface area (Å²) in [7, 11) is 0. The third-order valence-electron chi connectivity index (χ3n) is 3.19. The van der Waals surface area contributed by atoms with Gasteiger partial charge in [0.05, 0.1) is 31.4 Å². The van der Waals surface area contributed by atoms with Gasteiger partial charge in [0.15, 0.2) is 5.13 Å². The zero-order valence-corrected chi connectivity index (χ0v) is 11.2. The molecule has 4 N–H and O–H groups in total. The summed E-state index contributed by atoms with van der Waals surface area (Å²) in [5, 5.41) is 14.0. The lowest BCUT2D eigenvalue weighted by Gasteiger charge is -2.25. The Morgan fingerprint density at radius 2 is 2.47 bits per heavy atom. The number of nitrogen functional groups attached to an aromatic ring is 1. The van der Waals surface area contributed by atoms with Crippen LogP contribution in [0.15, 0.2) is 5.38 Å². The van der Waals surface area contributed by atoms with E-state index in [4.69, 9.17) is 10.5 Å². The van der Waals surface area contributed by atoms with Crippen molar-refractivity contribution in [1.29, 1.82) is 0 Å². The van der Waals surface area contributed by atoms with Gasteiger partial charge in [0, 0.05) is 5.38 Å². The molecule has 2 unspecified atom stereocenters. The molecular weight excluding hydrogens is 270 g/mol. The molecule has 1 aliphatic rings. The van der Waals surface area contributed by atoms with Gasteiger partial charge in [-0.1, -0.05) is 0 Å². The van der Waals surface area contributed by atoms with Crippen LogP contribution in [0.1, 0.15) is 12.6 Å². The summed E-state index contributed by atoms with van der Waals surface area (Å²) < 4.78 is 5.16. The minimum Gasteiger partial charge on any atom is -0.481 e. The number of aromatic nitrogens is 1. The molecule has 8 heteroatoms. The molecule has 1 aromatic heterocycles. The molecule has 1 saturated heterocycles. The van der Waals surface area contributed by atoms with Gasteiger partial charge in [-0.25, -0.2) is 4.98 Å². The number of carboxylic acids is 1. The van der Waals surface area contributed by atoms with Crippen LogP contribution in [0.5, 0.6) is 0 Å². The molecule has 1 aliphatic heterocycles. The fourth-order valence-electron chi connectivity index (χ4n) is 1.90. The predicted octanol–water partition coefficient (Wildman–Crippen LogP) is -0.126. The van der Waals surface area contributed by atoms with Gasteiger partial charge < -0.3 is 20.9 Å². The largest absolute Gasteiger partial charge is 0.481 e. The lowest BCUT2D eigenvalue weighted by molar-refractivity contribution is -0.149. The van der Waals surface area contributed by atoms with E-state index >= 15 is 0 Å². The van der Waals surface area contributed by atoms with Crippen LogP contribution in [-0.4, -0.2) is 41.2 Å². The molecule has 2 atom stereocenters. The lowest BCUT2D eigenvalue weighted by atomic mass is 9.85. The number of hydrogen-bond acceptors (Lipinski definition) is 6. The monoisotopic (exact) mass is 285 g/mol. The normalized spacial score (nSPS) is 26.3. The van der Waals surface area contributed by atoms with E-state index in [-0.39, 0.29) is 25.5 Å². The molecular formula is C11H15N3O4S. The van der Waals surface area contributed by atoms with Gasteiger partial charge in [-0.05, 0) is 6.92 Å². The van der Waals surface area contributed by atoms with Gasteiger partial charge in [0.1, 0.15) is 5.41 Å². The van der Waals surface area contributed by atoms with Gasteiger partial charge in [0.25, 0.3) is 0 Å². The quantitative estimate of drug-likeness (QED) is 0.710. The Balaban J connectivity index is 1.97. The number of nitrogens with zero attached hydrogens (tertiary/aromatic N) is 1. The van der Waals surface area contributed by atoms with Crippen LogP contribution in [-0.2, 0) is 20.7 Å². The zero-order chi connectivity index (χ0) is 14.0. The van der Waals surface area contributed by atoms with Crippen molar-refractivity contribution in [3.8, 4) is 0 Å². The highest BCUT2D eigenvalue weighted by atomic mass is 32.1. The Morgan fingerprint density at radius 1 is 1.74 bits per heavy atom. The maximum Gasteiger partial charge on any atom is 0.313 e. The third-order valence-corrected chi connectivity index (χ3v) is 3.91. The van der Waals surface area contributed by atoms with Crippen LogP contribution in [0.25, 0.3) is 0 Å². The van der Waals surface area contributed by atoms with E-state index in [1.807, 2.05) is 0 Å². The molecule has 0 bridgehead atoms. The number of aliphatic carboxylic acids is 1. The van der Waals surface area contributed by atoms with Gasteiger partial charge in [-0.15, -0.1) is 11.3 Å². The molecule has 2 rings (SSSR count). The average Bonchev–Trinajstić information content (AvgIpc) is 2.87. The maximum absolute atomic E-state index is 11.9. The van der Waals surface area contributed by atoms with E-state index in [0.29, 0.717) is 10.8 Å². The molecule has 1 fully saturated rings. The second-order valence-electron chi connectivity index (χ2n) is 4.71. The van der Waals surface area contributed by atoms with Crippen LogP contribution < -0.4 is 11.1 Å². The SMILES string of the molecule is CC1(C(=O)O)COCC1NC(=O)Cc1csc(N)n1. The standard InChI is InChI=1S/C11H15N3O4S/c1-11(9(16)17)5-18-3-7(11)14-8(15)2-6-4-19-10(12)13-6/h4,7H,2-3,5H2,1H3,(H2,12,13)(H,14,15)(H,16,17). The summed E-state index contributed by atoms with van der Waals surface area (Å²) in [4.78, 5) is 27.1. The highest BCUT2D eigenvalue weighted by molar-refractivity contribution is 7.13.